The van der Waals surface area contributed by atoms with Crippen molar-refractivity contribution < 1.29 is 9.59 Å². The average Bonchev–Trinajstić information content (AvgIpc) is 2.42. The molecule has 0 saturated carbocycles. The van der Waals surface area contributed by atoms with Gasteiger partial charge in [-0.1, -0.05) is 31.5 Å². The first-order valence-corrected chi connectivity index (χ1v) is 6.33. The highest BCUT2D eigenvalue weighted by Crippen LogP contribution is 2.40. The quantitative estimate of drug-likeness (QED) is 0.745. The summed E-state index contributed by atoms with van der Waals surface area (Å²) in [5, 5.41) is 0.479. The number of carbonyl (C=O) groups is 2. The third kappa shape index (κ3) is 2.00. The van der Waals surface area contributed by atoms with E-state index in [0.717, 1.165) is 0 Å². The number of carbonyl (C=O) groups excluding carboxylic acids is 2. The zero-order valence-electron chi connectivity index (χ0n) is 9.46. The van der Waals surface area contributed by atoms with E-state index in [2.05, 4.69) is 15.9 Å². The van der Waals surface area contributed by atoms with Crippen molar-refractivity contribution in [3.8, 4) is 0 Å². The van der Waals surface area contributed by atoms with Crippen molar-refractivity contribution in [2.45, 2.75) is 20.3 Å². The van der Waals surface area contributed by atoms with Crippen LogP contribution in [-0.4, -0.2) is 11.8 Å². The van der Waals surface area contributed by atoms with Gasteiger partial charge in [0.25, 0.3) is 0 Å². The van der Waals surface area contributed by atoms with Crippen molar-refractivity contribution in [1.29, 1.82) is 0 Å². The van der Waals surface area contributed by atoms with Crippen LogP contribution in [0.4, 0.5) is 5.69 Å². The van der Waals surface area contributed by atoms with Gasteiger partial charge in [-0.2, -0.15) is 0 Å². The molecule has 1 aliphatic rings. The van der Waals surface area contributed by atoms with Crippen LogP contribution in [0.5, 0.6) is 0 Å². The Bertz CT molecular complexity index is 513. The van der Waals surface area contributed by atoms with Crippen LogP contribution in [0.1, 0.15) is 20.3 Å². The number of hydrogen-bond donors (Lipinski definition) is 0. The highest BCUT2D eigenvalue weighted by atomic mass is 79.9. The summed E-state index contributed by atoms with van der Waals surface area (Å²) in [6.45, 7) is 3.54. The van der Waals surface area contributed by atoms with Crippen LogP contribution < -0.4 is 4.90 Å². The Morgan fingerprint density at radius 1 is 1.35 bits per heavy atom. The second kappa shape index (κ2) is 4.10. The molecule has 5 heteroatoms. The highest BCUT2D eigenvalue weighted by Gasteiger charge is 2.46. The topological polar surface area (TPSA) is 37.4 Å². The van der Waals surface area contributed by atoms with Gasteiger partial charge in [0.2, 0.25) is 11.8 Å². The zero-order valence-corrected chi connectivity index (χ0v) is 11.8. The molecule has 0 N–H and O–H groups in total. The van der Waals surface area contributed by atoms with Crippen LogP contribution >= 0.6 is 27.5 Å². The Kier molecular flexibility index (Phi) is 3.04. The smallest absolute Gasteiger partial charge is 0.239 e. The molecule has 2 amide bonds. The molecule has 0 spiro atoms. The van der Waals surface area contributed by atoms with Crippen LogP contribution in [0.3, 0.4) is 0 Å². The lowest BCUT2D eigenvalue weighted by atomic mass is 9.92. The number of imide groups is 1. The molecular formula is C12H11BrClNO2. The molecular weight excluding hydrogens is 305 g/mol. The second-order valence-corrected chi connectivity index (χ2v) is 5.87. The van der Waals surface area contributed by atoms with Gasteiger partial charge < -0.3 is 0 Å². The van der Waals surface area contributed by atoms with Crippen molar-refractivity contribution in [3.63, 3.8) is 0 Å². The molecule has 1 fully saturated rings. The van der Waals surface area contributed by atoms with E-state index in [9.17, 15) is 9.59 Å². The molecule has 1 heterocycles. The number of amides is 2. The minimum Gasteiger partial charge on any atom is -0.274 e. The fourth-order valence-corrected chi connectivity index (χ4v) is 2.47. The minimum atomic E-state index is -0.640. The summed E-state index contributed by atoms with van der Waals surface area (Å²) in [5.41, 5.74) is -0.128. The molecule has 90 valence electrons. The van der Waals surface area contributed by atoms with Gasteiger partial charge >= 0.3 is 0 Å². The van der Waals surface area contributed by atoms with E-state index in [1.165, 1.54) is 4.90 Å². The molecule has 1 saturated heterocycles. The number of halogens is 2. The lowest BCUT2D eigenvalue weighted by molar-refractivity contribution is -0.124. The van der Waals surface area contributed by atoms with E-state index >= 15 is 0 Å². The van der Waals surface area contributed by atoms with E-state index in [4.69, 9.17) is 11.6 Å². The molecule has 0 radical (unpaired) electrons. The summed E-state index contributed by atoms with van der Waals surface area (Å²) in [6, 6.07) is 5.12. The Labute approximate surface area is 113 Å². The first-order valence-electron chi connectivity index (χ1n) is 5.16. The van der Waals surface area contributed by atoms with E-state index in [0.29, 0.717) is 15.2 Å². The number of nitrogens with zero attached hydrogens (tertiary/aromatic N) is 1. The van der Waals surface area contributed by atoms with Crippen LogP contribution in [-0.2, 0) is 9.59 Å². The molecule has 17 heavy (non-hydrogen) atoms. The number of hydrogen-bond acceptors (Lipinski definition) is 2. The molecule has 2 rings (SSSR count). The monoisotopic (exact) mass is 315 g/mol. The Morgan fingerprint density at radius 3 is 2.53 bits per heavy atom. The van der Waals surface area contributed by atoms with Gasteiger partial charge in [0.1, 0.15) is 0 Å². The van der Waals surface area contributed by atoms with Gasteiger partial charge in [0.15, 0.2) is 0 Å². The van der Waals surface area contributed by atoms with Gasteiger partial charge in [-0.25, -0.2) is 4.90 Å². The third-order valence-corrected chi connectivity index (χ3v) is 4.17. The summed E-state index contributed by atoms with van der Waals surface area (Å²) in [5.74, 6) is -0.381. The standard InChI is InChI=1S/C12H11BrClNO2/c1-12(2)6-9(16)15(11(12)17)8-5-3-4-7(14)10(8)13/h3-5H,6H2,1-2H3. The molecule has 0 bridgehead atoms. The Morgan fingerprint density at radius 2 is 2.00 bits per heavy atom. The second-order valence-electron chi connectivity index (χ2n) is 4.67. The summed E-state index contributed by atoms with van der Waals surface area (Å²) < 4.78 is 0.570. The average molecular weight is 317 g/mol. The number of benzene rings is 1. The van der Waals surface area contributed by atoms with Crippen LogP contribution in [0, 0.1) is 5.41 Å². The van der Waals surface area contributed by atoms with E-state index in [1.54, 1.807) is 32.0 Å². The zero-order chi connectivity index (χ0) is 12.8. The van der Waals surface area contributed by atoms with Gasteiger partial charge in [-0.05, 0) is 28.1 Å². The predicted molar refractivity (Wildman–Crippen MR) is 70.0 cm³/mol. The fraction of sp³-hybridized carbons (Fsp3) is 0.333. The molecule has 1 aromatic rings. The summed E-state index contributed by atoms with van der Waals surface area (Å²) in [7, 11) is 0. The molecule has 0 unspecified atom stereocenters. The Hall–Kier alpha value is -0.870. The SMILES string of the molecule is CC1(C)CC(=O)N(c2cccc(Cl)c2Br)C1=O. The molecule has 1 aliphatic heterocycles. The van der Waals surface area contributed by atoms with Crippen LogP contribution in [0.25, 0.3) is 0 Å². The predicted octanol–water partition coefficient (Wildman–Crippen LogP) is 3.39. The van der Waals surface area contributed by atoms with Gasteiger partial charge in [0.05, 0.1) is 20.6 Å². The van der Waals surface area contributed by atoms with Gasteiger partial charge in [-0.15, -0.1) is 0 Å². The maximum Gasteiger partial charge on any atom is 0.239 e. The van der Waals surface area contributed by atoms with E-state index < -0.39 is 5.41 Å². The summed E-state index contributed by atoms with van der Waals surface area (Å²) in [4.78, 5) is 25.3. The van der Waals surface area contributed by atoms with Gasteiger partial charge in [-0.3, -0.25) is 9.59 Å². The van der Waals surface area contributed by atoms with Crippen molar-refractivity contribution in [2.75, 3.05) is 4.90 Å². The molecule has 0 atom stereocenters. The first kappa shape index (κ1) is 12.6. The van der Waals surface area contributed by atoms with Crippen molar-refractivity contribution >= 4 is 45.0 Å². The van der Waals surface area contributed by atoms with E-state index in [1.807, 2.05) is 0 Å². The largest absolute Gasteiger partial charge is 0.274 e. The van der Waals surface area contributed by atoms with Gasteiger partial charge in [0, 0.05) is 6.42 Å². The fourth-order valence-electron chi connectivity index (χ4n) is 1.86. The van der Waals surface area contributed by atoms with Crippen molar-refractivity contribution in [2.24, 2.45) is 5.41 Å². The van der Waals surface area contributed by atoms with Crippen molar-refractivity contribution in [3.05, 3.63) is 27.7 Å². The normalized spacial score (nSPS) is 18.9. The highest BCUT2D eigenvalue weighted by molar-refractivity contribution is 9.10. The molecule has 3 nitrogen and oxygen atoms in total. The number of rotatable bonds is 1. The van der Waals surface area contributed by atoms with E-state index in [-0.39, 0.29) is 18.2 Å². The maximum absolute atomic E-state index is 12.1. The van der Waals surface area contributed by atoms with Crippen LogP contribution in [0.2, 0.25) is 5.02 Å². The molecule has 0 aliphatic carbocycles. The van der Waals surface area contributed by atoms with Crippen LogP contribution in [0.15, 0.2) is 22.7 Å². The summed E-state index contributed by atoms with van der Waals surface area (Å²) in [6.07, 6.45) is 0.227. The maximum atomic E-state index is 12.1. The Balaban J connectivity index is 2.51. The summed E-state index contributed by atoms with van der Waals surface area (Å²) >= 11 is 9.27. The lowest BCUT2D eigenvalue weighted by Crippen LogP contribution is -2.33. The lowest BCUT2D eigenvalue weighted by Gasteiger charge is -2.19. The number of anilines is 1. The molecule has 0 aromatic heterocycles. The first-order chi connectivity index (χ1) is 7.84. The molecule has 1 aromatic carbocycles. The van der Waals surface area contributed by atoms with Crippen molar-refractivity contribution in [1.82, 2.24) is 0 Å². The third-order valence-electron chi connectivity index (χ3n) is 2.80. The minimum absolute atomic E-state index is 0.189.